The molecule has 0 bridgehead atoms. The Bertz CT molecular complexity index is 1190. The Hall–Kier alpha value is -4.32. The number of carbonyl (C=O) groups is 2. The quantitative estimate of drug-likeness (QED) is 0.118. The normalized spacial score (nSPS) is 11.4. The van der Waals surface area contributed by atoms with Crippen LogP contribution in [0.15, 0.2) is 97.1 Å². The molecular weight excluding hydrogens is 468 g/mol. The van der Waals surface area contributed by atoms with Crippen molar-refractivity contribution in [3.05, 3.63) is 103 Å². The Labute approximate surface area is 218 Å². The highest BCUT2D eigenvalue weighted by molar-refractivity contribution is 5.82. The molecule has 0 heterocycles. The Balaban J connectivity index is 1.40. The zero-order chi connectivity index (χ0) is 26.5. The maximum absolute atomic E-state index is 12.0. The molecule has 0 amide bonds. The van der Waals surface area contributed by atoms with Crippen LogP contribution >= 0.6 is 0 Å². The summed E-state index contributed by atoms with van der Waals surface area (Å²) in [5.74, 6) is 0.426. The summed E-state index contributed by atoms with van der Waals surface area (Å²) in [6.07, 6.45) is 7.33. The average molecular weight is 501 g/mol. The summed E-state index contributed by atoms with van der Waals surface area (Å²) < 4.78 is 21.3. The summed E-state index contributed by atoms with van der Waals surface area (Å²) in [5, 5.41) is 0. The number of hydrogen-bond donors (Lipinski definition) is 0. The standard InChI is InChI=1S/C31H32O6/c1-4-31(2,3)30(33)37-23-35-28-20-16-26(17-21-28)25-14-18-27(19-15-25)34-22-36-29(32)13-9-8-12-24-10-6-5-7-11-24/h5-21H,4,22-23H2,1-3H3. The third-order valence-electron chi connectivity index (χ3n) is 5.75. The zero-order valence-corrected chi connectivity index (χ0v) is 21.4. The van der Waals surface area contributed by atoms with Crippen LogP contribution in [0.2, 0.25) is 0 Å². The van der Waals surface area contributed by atoms with Gasteiger partial charge in [-0.3, -0.25) is 4.79 Å². The van der Waals surface area contributed by atoms with E-state index < -0.39 is 11.4 Å². The number of allylic oxidation sites excluding steroid dienone is 2. The van der Waals surface area contributed by atoms with E-state index in [1.54, 1.807) is 24.3 Å². The molecule has 0 aliphatic heterocycles. The van der Waals surface area contributed by atoms with Crippen LogP contribution in [0.5, 0.6) is 11.5 Å². The lowest BCUT2D eigenvalue weighted by Crippen LogP contribution is -2.27. The van der Waals surface area contributed by atoms with Crippen LogP contribution in [0.3, 0.4) is 0 Å². The molecule has 6 nitrogen and oxygen atoms in total. The monoisotopic (exact) mass is 500 g/mol. The summed E-state index contributed by atoms with van der Waals surface area (Å²) in [7, 11) is 0. The second kappa shape index (κ2) is 13.7. The summed E-state index contributed by atoms with van der Waals surface area (Å²) >= 11 is 0. The molecule has 0 aliphatic carbocycles. The molecule has 0 atom stereocenters. The minimum absolute atomic E-state index is 0.127. The Kier molecular flexibility index (Phi) is 10.1. The van der Waals surface area contributed by atoms with E-state index in [2.05, 4.69) is 0 Å². The van der Waals surface area contributed by atoms with Gasteiger partial charge in [-0.05, 0) is 61.2 Å². The van der Waals surface area contributed by atoms with Crippen LogP contribution < -0.4 is 9.47 Å². The van der Waals surface area contributed by atoms with E-state index in [4.69, 9.17) is 18.9 Å². The lowest BCUT2D eigenvalue weighted by atomic mass is 9.91. The van der Waals surface area contributed by atoms with E-state index in [-0.39, 0.29) is 19.6 Å². The summed E-state index contributed by atoms with van der Waals surface area (Å²) in [5.41, 5.74) is 2.50. The molecule has 6 heteroatoms. The Morgan fingerprint density at radius 2 is 1.27 bits per heavy atom. The first kappa shape index (κ1) is 27.3. The van der Waals surface area contributed by atoms with Crippen LogP contribution in [0.25, 0.3) is 17.2 Å². The maximum atomic E-state index is 12.0. The highest BCUT2D eigenvalue weighted by Gasteiger charge is 2.27. The van der Waals surface area contributed by atoms with Crippen LogP contribution in [0.4, 0.5) is 0 Å². The molecule has 3 aromatic carbocycles. The van der Waals surface area contributed by atoms with Gasteiger partial charge in [-0.15, -0.1) is 0 Å². The SMILES string of the molecule is CCC(C)(C)C(=O)OCOc1ccc(-c2ccc(OCOC(=O)C=CC=Cc3ccccc3)cc2)cc1. The number of hydrogen-bond acceptors (Lipinski definition) is 6. The molecule has 3 rings (SSSR count). The summed E-state index contributed by atoms with van der Waals surface area (Å²) in [6, 6.07) is 24.7. The minimum Gasteiger partial charge on any atom is -0.457 e. The van der Waals surface area contributed by atoms with E-state index in [1.807, 2.05) is 93.6 Å². The highest BCUT2D eigenvalue weighted by Crippen LogP contribution is 2.25. The molecule has 0 saturated heterocycles. The first-order valence-electron chi connectivity index (χ1n) is 12.1. The Morgan fingerprint density at radius 3 is 1.81 bits per heavy atom. The van der Waals surface area contributed by atoms with Gasteiger partial charge in [-0.25, -0.2) is 4.79 Å². The van der Waals surface area contributed by atoms with Crippen molar-refractivity contribution < 1.29 is 28.5 Å². The number of rotatable bonds is 12. The molecule has 0 saturated carbocycles. The molecule has 0 aromatic heterocycles. The second-order valence-electron chi connectivity index (χ2n) is 8.83. The molecule has 0 aliphatic rings. The first-order valence-corrected chi connectivity index (χ1v) is 12.1. The van der Waals surface area contributed by atoms with Crippen molar-refractivity contribution in [2.45, 2.75) is 27.2 Å². The topological polar surface area (TPSA) is 71.1 Å². The van der Waals surface area contributed by atoms with Crippen molar-refractivity contribution in [3.63, 3.8) is 0 Å². The average Bonchev–Trinajstić information content (AvgIpc) is 2.92. The van der Waals surface area contributed by atoms with Gasteiger partial charge >= 0.3 is 11.9 Å². The highest BCUT2D eigenvalue weighted by atomic mass is 16.7. The van der Waals surface area contributed by atoms with Gasteiger partial charge in [0.15, 0.2) is 0 Å². The number of carbonyl (C=O) groups excluding carboxylic acids is 2. The van der Waals surface area contributed by atoms with Crippen LogP contribution in [0, 0.1) is 5.41 Å². The summed E-state index contributed by atoms with van der Waals surface area (Å²) in [6.45, 7) is 5.32. The van der Waals surface area contributed by atoms with Gasteiger partial charge in [0.2, 0.25) is 13.6 Å². The summed E-state index contributed by atoms with van der Waals surface area (Å²) in [4.78, 5) is 23.8. The maximum Gasteiger partial charge on any atom is 0.333 e. The van der Waals surface area contributed by atoms with Gasteiger partial charge in [0.05, 0.1) is 5.41 Å². The van der Waals surface area contributed by atoms with E-state index >= 15 is 0 Å². The van der Waals surface area contributed by atoms with E-state index in [0.29, 0.717) is 17.9 Å². The molecule has 37 heavy (non-hydrogen) atoms. The van der Waals surface area contributed by atoms with Gasteiger partial charge in [-0.2, -0.15) is 0 Å². The van der Waals surface area contributed by atoms with Crippen molar-refractivity contribution in [1.82, 2.24) is 0 Å². The van der Waals surface area contributed by atoms with E-state index in [9.17, 15) is 9.59 Å². The van der Waals surface area contributed by atoms with Crippen LogP contribution in [-0.4, -0.2) is 25.5 Å². The van der Waals surface area contributed by atoms with Crippen LogP contribution in [-0.2, 0) is 19.1 Å². The molecular formula is C31H32O6. The van der Waals surface area contributed by atoms with Crippen molar-refractivity contribution in [3.8, 4) is 22.6 Å². The van der Waals surface area contributed by atoms with Crippen LogP contribution in [0.1, 0.15) is 32.8 Å². The number of benzene rings is 3. The third-order valence-corrected chi connectivity index (χ3v) is 5.75. The lowest BCUT2D eigenvalue weighted by molar-refractivity contribution is -0.160. The van der Waals surface area contributed by atoms with E-state index in [0.717, 1.165) is 16.7 Å². The van der Waals surface area contributed by atoms with Crippen molar-refractivity contribution in [2.24, 2.45) is 5.41 Å². The largest absolute Gasteiger partial charge is 0.457 e. The van der Waals surface area contributed by atoms with Crippen molar-refractivity contribution >= 4 is 18.0 Å². The predicted octanol–water partition coefficient (Wildman–Crippen LogP) is 6.82. The van der Waals surface area contributed by atoms with Gasteiger partial charge in [-0.1, -0.05) is 79.7 Å². The molecule has 0 spiro atoms. The van der Waals surface area contributed by atoms with Gasteiger partial charge < -0.3 is 18.9 Å². The molecule has 0 N–H and O–H groups in total. The Morgan fingerprint density at radius 1 is 0.730 bits per heavy atom. The fourth-order valence-corrected chi connectivity index (χ4v) is 3.05. The number of esters is 2. The van der Waals surface area contributed by atoms with Gasteiger partial charge in [0.25, 0.3) is 0 Å². The van der Waals surface area contributed by atoms with E-state index in [1.165, 1.54) is 6.08 Å². The molecule has 0 radical (unpaired) electrons. The van der Waals surface area contributed by atoms with Gasteiger partial charge in [0.1, 0.15) is 11.5 Å². The van der Waals surface area contributed by atoms with Crippen molar-refractivity contribution in [2.75, 3.05) is 13.6 Å². The molecule has 192 valence electrons. The lowest BCUT2D eigenvalue weighted by Gasteiger charge is -2.20. The molecule has 0 unspecified atom stereocenters. The third kappa shape index (κ3) is 9.00. The van der Waals surface area contributed by atoms with Gasteiger partial charge in [0, 0.05) is 6.08 Å². The minimum atomic E-state index is -0.526. The predicted molar refractivity (Wildman–Crippen MR) is 144 cm³/mol. The number of ether oxygens (including phenoxy) is 4. The zero-order valence-electron chi connectivity index (χ0n) is 21.4. The molecule has 3 aromatic rings. The fraction of sp³-hybridized carbons (Fsp3) is 0.226. The molecule has 0 fully saturated rings. The fourth-order valence-electron chi connectivity index (χ4n) is 3.05. The second-order valence-corrected chi connectivity index (χ2v) is 8.83. The smallest absolute Gasteiger partial charge is 0.333 e. The first-order chi connectivity index (χ1) is 17.9. The van der Waals surface area contributed by atoms with Crippen molar-refractivity contribution in [1.29, 1.82) is 0 Å².